The Morgan fingerprint density at radius 2 is 2.06 bits per heavy atom. The third-order valence-corrected chi connectivity index (χ3v) is 8.39. The maximum Gasteiger partial charge on any atom is 0.264 e. The zero-order chi connectivity index (χ0) is 23.6. The third kappa shape index (κ3) is 5.10. The van der Waals surface area contributed by atoms with Gasteiger partial charge in [0.2, 0.25) is 11.8 Å². The van der Waals surface area contributed by atoms with E-state index in [1.807, 2.05) is 6.92 Å². The number of aromatic nitrogens is 1. The SMILES string of the molecule is CC(C(=O)Nc1cnc2c(c1)N(S(=O)(=O)c1cccc(Cl)c1)CC(CO)O2)C1CCCCC1. The molecule has 33 heavy (non-hydrogen) atoms. The summed E-state index contributed by atoms with van der Waals surface area (Å²) >= 11 is 6.01. The van der Waals surface area contributed by atoms with Crippen LogP contribution in [0.3, 0.4) is 0 Å². The van der Waals surface area contributed by atoms with Crippen molar-refractivity contribution in [2.75, 3.05) is 22.8 Å². The van der Waals surface area contributed by atoms with E-state index < -0.39 is 16.1 Å². The van der Waals surface area contributed by atoms with Crippen molar-refractivity contribution in [2.45, 2.75) is 50.0 Å². The van der Waals surface area contributed by atoms with Gasteiger partial charge in [-0.3, -0.25) is 9.10 Å². The molecule has 2 atom stereocenters. The van der Waals surface area contributed by atoms with Crippen molar-refractivity contribution in [3.63, 3.8) is 0 Å². The highest BCUT2D eigenvalue weighted by Gasteiger charge is 2.36. The maximum absolute atomic E-state index is 13.4. The molecule has 1 saturated carbocycles. The van der Waals surface area contributed by atoms with E-state index in [-0.39, 0.29) is 41.4 Å². The molecule has 2 aromatic rings. The lowest BCUT2D eigenvalue weighted by Crippen LogP contribution is -2.45. The van der Waals surface area contributed by atoms with Crippen molar-refractivity contribution in [1.29, 1.82) is 0 Å². The highest BCUT2D eigenvalue weighted by molar-refractivity contribution is 7.92. The first-order valence-electron chi connectivity index (χ1n) is 11.2. The molecule has 178 valence electrons. The van der Waals surface area contributed by atoms with Crippen molar-refractivity contribution in [2.24, 2.45) is 11.8 Å². The smallest absolute Gasteiger partial charge is 0.264 e. The Kier molecular flexibility index (Phi) is 7.11. The fraction of sp³-hybridized carbons (Fsp3) is 0.478. The minimum absolute atomic E-state index is 0.0138. The van der Waals surface area contributed by atoms with E-state index in [9.17, 15) is 18.3 Å². The van der Waals surface area contributed by atoms with Gasteiger partial charge in [-0.05, 0) is 43.0 Å². The zero-order valence-electron chi connectivity index (χ0n) is 18.4. The number of pyridine rings is 1. The van der Waals surface area contributed by atoms with Gasteiger partial charge in [0.1, 0.15) is 11.8 Å². The number of carbonyl (C=O) groups is 1. The van der Waals surface area contributed by atoms with Crippen LogP contribution in [0.15, 0.2) is 41.4 Å². The predicted octanol–water partition coefficient (Wildman–Crippen LogP) is 3.84. The summed E-state index contributed by atoms with van der Waals surface area (Å²) < 4.78 is 33.7. The number of nitrogens with zero attached hydrogens (tertiary/aromatic N) is 2. The van der Waals surface area contributed by atoms with Gasteiger partial charge in [-0.15, -0.1) is 0 Å². The Morgan fingerprint density at radius 3 is 2.76 bits per heavy atom. The first-order valence-corrected chi connectivity index (χ1v) is 13.0. The number of nitrogens with one attached hydrogen (secondary N) is 1. The molecule has 1 fully saturated rings. The number of benzene rings is 1. The molecular formula is C23H28ClN3O5S. The molecule has 0 bridgehead atoms. The van der Waals surface area contributed by atoms with E-state index in [1.54, 1.807) is 18.2 Å². The summed E-state index contributed by atoms with van der Waals surface area (Å²) in [5, 5.41) is 12.8. The Morgan fingerprint density at radius 1 is 1.30 bits per heavy atom. The van der Waals surface area contributed by atoms with Crippen LogP contribution in [0.4, 0.5) is 11.4 Å². The highest BCUT2D eigenvalue weighted by Crippen LogP contribution is 2.38. The molecule has 1 amide bonds. The first-order chi connectivity index (χ1) is 15.8. The molecule has 8 nitrogen and oxygen atoms in total. The summed E-state index contributed by atoms with van der Waals surface area (Å²) in [7, 11) is -4.01. The number of hydrogen-bond acceptors (Lipinski definition) is 6. The molecule has 1 aromatic carbocycles. The minimum Gasteiger partial charge on any atom is -0.468 e. The molecule has 0 spiro atoms. The molecule has 1 aromatic heterocycles. The minimum atomic E-state index is -4.01. The van der Waals surface area contributed by atoms with E-state index in [0.29, 0.717) is 16.6 Å². The lowest BCUT2D eigenvalue weighted by Gasteiger charge is -2.34. The van der Waals surface area contributed by atoms with Crippen molar-refractivity contribution < 1.29 is 23.1 Å². The Labute approximate surface area is 199 Å². The number of amides is 1. The van der Waals surface area contributed by atoms with Gasteiger partial charge in [0, 0.05) is 10.9 Å². The molecule has 2 N–H and O–H groups in total. The summed E-state index contributed by atoms with van der Waals surface area (Å²) in [5.41, 5.74) is 0.585. The van der Waals surface area contributed by atoms with Gasteiger partial charge in [0.25, 0.3) is 10.0 Å². The lowest BCUT2D eigenvalue weighted by atomic mass is 9.80. The van der Waals surface area contributed by atoms with Crippen LogP contribution >= 0.6 is 11.6 Å². The van der Waals surface area contributed by atoms with Crippen molar-refractivity contribution in [3.05, 3.63) is 41.6 Å². The van der Waals surface area contributed by atoms with Crippen LogP contribution in [0, 0.1) is 11.8 Å². The standard InChI is InChI=1S/C23H28ClN3O5S/c1-15(16-6-3-2-4-7-16)22(29)26-18-11-21-23(25-12-18)32-19(14-28)13-27(21)33(30,31)20-9-5-8-17(24)10-20/h5,8-12,15-16,19,28H,2-4,6-7,13-14H2,1H3,(H,26,29). The zero-order valence-corrected chi connectivity index (χ0v) is 20.0. The first kappa shape index (κ1) is 23.8. The van der Waals surface area contributed by atoms with Crippen LogP contribution in [0.1, 0.15) is 39.0 Å². The quantitative estimate of drug-likeness (QED) is 0.632. The lowest BCUT2D eigenvalue weighted by molar-refractivity contribution is -0.121. The Balaban J connectivity index is 1.63. The summed E-state index contributed by atoms with van der Waals surface area (Å²) in [6, 6.07) is 7.51. The molecule has 2 aliphatic rings. The van der Waals surface area contributed by atoms with Crippen LogP contribution in [-0.4, -0.2) is 43.7 Å². The van der Waals surface area contributed by atoms with Crippen molar-refractivity contribution in [3.8, 4) is 5.88 Å². The third-order valence-electron chi connectivity index (χ3n) is 6.37. The molecule has 1 aliphatic heterocycles. The molecule has 4 rings (SSSR count). The second kappa shape index (κ2) is 9.87. The van der Waals surface area contributed by atoms with Crippen LogP contribution in [0.25, 0.3) is 0 Å². The van der Waals surface area contributed by atoms with Crippen LogP contribution in [0.2, 0.25) is 5.02 Å². The fourth-order valence-corrected chi connectivity index (χ4v) is 6.23. The number of rotatable bonds is 6. The summed E-state index contributed by atoms with van der Waals surface area (Å²) in [4.78, 5) is 17.1. The normalized spacial score (nSPS) is 20.0. The van der Waals surface area contributed by atoms with Crippen molar-refractivity contribution in [1.82, 2.24) is 4.98 Å². The number of aliphatic hydroxyl groups is 1. The fourth-order valence-electron chi connectivity index (χ4n) is 4.44. The number of carbonyl (C=O) groups excluding carboxylic acids is 1. The monoisotopic (exact) mass is 493 g/mol. The maximum atomic E-state index is 13.4. The van der Waals surface area contributed by atoms with Crippen molar-refractivity contribution >= 4 is 38.9 Å². The van der Waals surface area contributed by atoms with Crippen LogP contribution in [-0.2, 0) is 14.8 Å². The average molecular weight is 494 g/mol. The molecule has 2 unspecified atom stereocenters. The molecule has 0 saturated heterocycles. The van der Waals surface area contributed by atoms with Gasteiger partial charge in [-0.2, -0.15) is 0 Å². The highest BCUT2D eigenvalue weighted by atomic mass is 35.5. The number of halogens is 1. The number of hydrogen-bond donors (Lipinski definition) is 2. The second-order valence-corrected chi connectivity index (χ2v) is 10.9. The van der Waals surface area contributed by atoms with Gasteiger partial charge in [-0.1, -0.05) is 43.9 Å². The number of fused-ring (bicyclic) bond motifs is 1. The Hall–Kier alpha value is -2.36. The summed E-state index contributed by atoms with van der Waals surface area (Å²) in [6.07, 6.45) is 6.24. The summed E-state index contributed by atoms with van der Waals surface area (Å²) in [6.45, 7) is 1.46. The van der Waals surface area contributed by atoms with Gasteiger partial charge >= 0.3 is 0 Å². The van der Waals surface area contributed by atoms with E-state index in [1.165, 1.54) is 24.8 Å². The Bertz CT molecular complexity index is 1120. The van der Waals surface area contributed by atoms with Crippen LogP contribution < -0.4 is 14.4 Å². The average Bonchev–Trinajstić information content (AvgIpc) is 2.83. The summed E-state index contributed by atoms with van der Waals surface area (Å²) in [5.74, 6) is 0.155. The van der Waals surface area contributed by atoms with Gasteiger partial charge in [0.05, 0.1) is 29.9 Å². The molecule has 1 aliphatic carbocycles. The predicted molar refractivity (Wildman–Crippen MR) is 126 cm³/mol. The van der Waals surface area contributed by atoms with Gasteiger partial charge < -0.3 is 15.2 Å². The van der Waals surface area contributed by atoms with Gasteiger partial charge in [-0.25, -0.2) is 13.4 Å². The second-order valence-electron chi connectivity index (χ2n) is 8.64. The number of anilines is 2. The number of ether oxygens (including phenoxy) is 1. The molecule has 0 radical (unpaired) electrons. The van der Waals surface area contributed by atoms with Gasteiger partial charge in [0.15, 0.2) is 0 Å². The molecule has 10 heteroatoms. The van der Waals surface area contributed by atoms with Crippen LogP contribution in [0.5, 0.6) is 5.88 Å². The van der Waals surface area contributed by atoms with E-state index in [0.717, 1.165) is 30.0 Å². The van der Waals surface area contributed by atoms with E-state index in [4.69, 9.17) is 16.3 Å². The molecule has 2 heterocycles. The topological polar surface area (TPSA) is 109 Å². The van der Waals surface area contributed by atoms with E-state index in [2.05, 4.69) is 10.3 Å². The number of sulfonamides is 1. The van der Waals surface area contributed by atoms with E-state index >= 15 is 0 Å². The number of aliphatic hydroxyl groups excluding tert-OH is 1. The molecular weight excluding hydrogens is 466 g/mol. The largest absolute Gasteiger partial charge is 0.468 e.